The van der Waals surface area contributed by atoms with Crippen molar-refractivity contribution in [3.8, 4) is 5.75 Å². The molecule has 1 nitrogen and oxygen atoms in total. The second-order valence-electron chi connectivity index (χ2n) is 10.3. The summed E-state index contributed by atoms with van der Waals surface area (Å²) in [6, 6.07) is 10.5. The second kappa shape index (κ2) is 24.2. The molecule has 0 N–H and O–H groups in total. The maximum Gasteiger partial charge on any atom is 0.119 e. The summed E-state index contributed by atoms with van der Waals surface area (Å²) in [7, 11) is 0. The van der Waals surface area contributed by atoms with Crippen LogP contribution in [-0.4, -0.2) is 6.10 Å². The largest absolute Gasteiger partial charge is 0.490 e. The van der Waals surface area contributed by atoms with Gasteiger partial charge in [0.15, 0.2) is 0 Å². The van der Waals surface area contributed by atoms with Gasteiger partial charge in [0.05, 0.1) is 6.10 Å². The first-order chi connectivity index (χ1) is 16.4. The molecule has 1 heteroatoms. The Morgan fingerprint density at radius 1 is 0.455 bits per heavy atom. The van der Waals surface area contributed by atoms with E-state index in [9.17, 15) is 0 Å². The van der Waals surface area contributed by atoms with Gasteiger partial charge in [0.1, 0.15) is 5.75 Å². The third kappa shape index (κ3) is 20.1. The predicted molar refractivity (Wildman–Crippen MR) is 148 cm³/mol. The summed E-state index contributed by atoms with van der Waals surface area (Å²) in [5.74, 6) is 1.05. The van der Waals surface area contributed by atoms with Crippen LogP contribution in [0.1, 0.15) is 162 Å². The van der Waals surface area contributed by atoms with E-state index in [1.807, 2.05) is 0 Å². The predicted octanol–water partition coefficient (Wildman–Crippen LogP) is 11.4. The van der Waals surface area contributed by atoms with Gasteiger partial charge in [0.2, 0.25) is 0 Å². The SMILES string of the molecule is CCCCCCCCCCCCCC(CCCCCCCCCCCC)Oc1ccccc1. The Bertz CT molecular complexity index is 483. The van der Waals surface area contributed by atoms with Crippen LogP contribution in [0, 0.1) is 0 Å². The summed E-state index contributed by atoms with van der Waals surface area (Å²) in [6.07, 6.45) is 32.5. The quantitative estimate of drug-likeness (QED) is 0.132. The van der Waals surface area contributed by atoms with E-state index in [1.165, 1.54) is 148 Å². The molecule has 0 aliphatic carbocycles. The maximum absolute atomic E-state index is 6.39. The van der Waals surface area contributed by atoms with Gasteiger partial charge < -0.3 is 4.74 Å². The van der Waals surface area contributed by atoms with Crippen LogP contribution in [0.2, 0.25) is 0 Å². The van der Waals surface area contributed by atoms with Gasteiger partial charge in [-0.1, -0.05) is 154 Å². The summed E-state index contributed by atoms with van der Waals surface area (Å²) in [5, 5.41) is 0. The van der Waals surface area contributed by atoms with Crippen LogP contribution in [0.15, 0.2) is 30.3 Å². The van der Waals surface area contributed by atoms with Crippen molar-refractivity contribution >= 4 is 0 Å². The van der Waals surface area contributed by atoms with E-state index in [0.29, 0.717) is 6.10 Å². The molecule has 0 aromatic heterocycles. The zero-order valence-corrected chi connectivity index (χ0v) is 22.6. The van der Waals surface area contributed by atoms with Crippen molar-refractivity contribution in [1.82, 2.24) is 0 Å². The van der Waals surface area contributed by atoms with E-state index in [0.717, 1.165) is 5.75 Å². The molecular formula is C32H58O. The molecule has 0 spiro atoms. The molecule has 1 rings (SSSR count). The molecule has 0 saturated carbocycles. The lowest BCUT2D eigenvalue weighted by Crippen LogP contribution is -2.16. The molecule has 192 valence electrons. The molecule has 33 heavy (non-hydrogen) atoms. The molecule has 0 fully saturated rings. The Morgan fingerprint density at radius 2 is 0.788 bits per heavy atom. The fraction of sp³-hybridized carbons (Fsp3) is 0.812. The van der Waals surface area contributed by atoms with Crippen LogP contribution in [0.25, 0.3) is 0 Å². The molecule has 0 saturated heterocycles. The lowest BCUT2D eigenvalue weighted by Gasteiger charge is -2.19. The minimum Gasteiger partial charge on any atom is -0.490 e. The average Bonchev–Trinajstić information content (AvgIpc) is 2.84. The number of hydrogen-bond acceptors (Lipinski definition) is 1. The van der Waals surface area contributed by atoms with Gasteiger partial charge in [-0.3, -0.25) is 0 Å². The normalized spacial score (nSPS) is 12.2. The van der Waals surface area contributed by atoms with Gasteiger partial charge in [-0.15, -0.1) is 0 Å². The Kier molecular flexibility index (Phi) is 22.0. The molecule has 0 heterocycles. The van der Waals surface area contributed by atoms with E-state index < -0.39 is 0 Å². The Balaban J connectivity index is 2.09. The first kappa shape index (κ1) is 30.1. The highest BCUT2D eigenvalue weighted by molar-refractivity contribution is 5.21. The lowest BCUT2D eigenvalue weighted by molar-refractivity contribution is 0.172. The fourth-order valence-electron chi connectivity index (χ4n) is 4.85. The summed E-state index contributed by atoms with van der Waals surface area (Å²) in [5.41, 5.74) is 0. The van der Waals surface area contributed by atoms with Crippen LogP contribution in [0.4, 0.5) is 0 Å². The van der Waals surface area contributed by atoms with Crippen LogP contribution in [-0.2, 0) is 0 Å². The minimum absolute atomic E-state index is 0.403. The van der Waals surface area contributed by atoms with Crippen molar-refractivity contribution in [3.63, 3.8) is 0 Å². The Hall–Kier alpha value is -0.980. The maximum atomic E-state index is 6.39. The second-order valence-corrected chi connectivity index (χ2v) is 10.3. The lowest BCUT2D eigenvalue weighted by atomic mass is 10.0. The van der Waals surface area contributed by atoms with Crippen molar-refractivity contribution in [2.45, 2.75) is 168 Å². The molecule has 0 amide bonds. The van der Waals surface area contributed by atoms with Crippen molar-refractivity contribution in [2.75, 3.05) is 0 Å². The Morgan fingerprint density at radius 3 is 1.15 bits per heavy atom. The van der Waals surface area contributed by atoms with Gasteiger partial charge in [0, 0.05) is 0 Å². The van der Waals surface area contributed by atoms with Crippen LogP contribution in [0.3, 0.4) is 0 Å². The highest BCUT2D eigenvalue weighted by atomic mass is 16.5. The smallest absolute Gasteiger partial charge is 0.119 e. The molecule has 1 unspecified atom stereocenters. The van der Waals surface area contributed by atoms with Gasteiger partial charge in [-0.05, 0) is 37.8 Å². The number of unbranched alkanes of at least 4 members (excludes halogenated alkanes) is 19. The van der Waals surface area contributed by atoms with E-state index in [1.54, 1.807) is 0 Å². The van der Waals surface area contributed by atoms with Crippen molar-refractivity contribution in [1.29, 1.82) is 0 Å². The summed E-state index contributed by atoms with van der Waals surface area (Å²) < 4.78 is 6.39. The highest BCUT2D eigenvalue weighted by Crippen LogP contribution is 2.20. The van der Waals surface area contributed by atoms with E-state index in [4.69, 9.17) is 4.74 Å². The number of rotatable bonds is 25. The average molecular weight is 459 g/mol. The summed E-state index contributed by atoms with van der Waals surface area (Å²) in [6.45, 7) is 4.60. The molecule has 0 radical (unpaired) electrons. The van der Waals surface area contributed by atoms with E-state index in [2.05, 4.69) is 44.2 Å². The Labute approximate surface area is 208 Å². The topological polar surface area (TPSA) is 9.23 Å². The first-order valence-corrected chi connectivity index (χ1v) is 15.1. The third-order valence-electron chi connectivity index (χ3n) is 7.06. The third-order valence-corrected chi connectivity index (χ3v) is 7.06. The zero-order valence-electron chi connectivity index (χ0n) is 22.6. The van der Waals surface area contributed by atoms with E-state index in [-0.39, 0.29) is 0 Å². The molecule has 0 bridgehead atoms. The molecule has 1 aromatic carbocycles. The van der Waals surface area contributed by atoms with Gasteiger partial charge in [-0.2, -0.15) is 0 Å². The van der Waals surface area contributed by atoms with Crippen LogP contribution in [0.5, 0.6) is 5.75 Å². The first-order valence-electron chi connectivity index (χ1n) is 15.1. The van der Waals surface area contributed by atoms with E-state index >= 15 is 0 Å². The number of ether oxygens (including phenoxy) is 1. The van der Waals surface area contributed by atoms with Crippen molar-refractivity contribution in [2.24, 2.45) is 0 Å². The van der Waals surface area contributed by atoms with Gasteiger partial charge in [0.25, 0.3) is 0 Å². The van der Waals surface area contributed by atoms with Crippen LogP contribution >= 0.6 is 0 Å². The zero-order chi connectivity index (χ0) is 23.7. The molecular weight excluding hydrogens is 400 g/mol. The molecule has 1 atom stereocenters. The standard InChI is InChI=1S/C32H58O/c1-3-5-7-9-11-13-15-17-19-21-24-28-31(33-32-29-25-22-26-30-32)27-23-20-18-16-14-12-10-8-6-4-2/h22,25-26,29-31H,3-21,23-24,27-28H2,1-2H3. The minimum atomic E-state index is 0.403. The van der Waals surface area contributed by atoms with Crippen LogP contribution < -0.4 is 4.74 Å². The van der Waals surface area contributed by atoms with Crippen molar-refractivity contribution in [3.05, 3.63) is 30.3 Å². The molecule has 1 aromatic rings. The highest BCUT2D eigenvalue weighted by Gasteiger charge is 2.10. The van der Waals surface area contributed by atoms with Gasteiger partial charge >= 0.3 is 0 Å². The number of hydrogen-bond donors (Lipinski definition) is 0. The number of para-hydroxylation sites is 1. The molecule has 0 aliphatic rings. The van der Waals surface area contributed by atoms with Gasteiger partial charge in [-0.25, -0.2) is 0 Å². The summed E-state index contributed by atoms with van der Waals surface area (Å²) >= 11 is 0. The number of benzene rings is 1. The van der Waals surface area contributed by atoms with Crippen molar-refractivity contribution < 1.29 is 4.74 Å². The molecule has 0 aliphatic heterocycles. The monoisotopic (exact) mass is 458 g/mol. The fourth-order valence-corrected chi connectivity index (χ4v) is 4.85. The summed E-state index contributed by atoms with van der Waals surface area (Å²) in [4.78, 5) is 0.